The fraction of sp³-hybridized carbons (Fsp3) is 0.786. The summed E-state index contributed by atoms with van der Waals surface area (Å²) in [7, 11) is -3.25. The van der Waals surface area contributed by atoms with Gasteiger partial charge in [-0.2, -0.15) is 0 Å². The first-order chi connectivity index (χ1) is 15.6. The standard InChI is InChI=1S/C28H48ClF2Si/c1-3-4-5-6-7-8-9-10-11-12-13-14-15-16-17-21-27(32(30)31)23-25(2)28-22-19-18-20-26(28)24-29/h18-20,22,25,27H,3-17,21,23-24H2,1-2H3. The minimum absolute atomic E-state index is 0.151. The third kappa shape index (κ3) is 14.0. The van der Waals surface area contributed by atoms with Gasteiger partial charge in [-0.05, 0) is 29.9 Å². The van der Waals surface area contributed by atoms with Crippen LogP contribution in [-0.4, -0.2) is 9.46 Å². The van der Waals surface area contributed by atoms with Crippen LogP contribution in [0.15, 0.2) is 24.3 Å². The number of hydrogen-bond acceptors (Lipinski definition) is 0. The molecule has 2 unspecified atom stereocenters. The molecule has 0 N–H and O–H groups in total. The first kappa shape index (κ1) is 29.6. The first-order valence-electron chi connectivity index (χ1n) is 13.4. The lowest BCUT2D eigenvalue weighted by Gasteiger charge is -2.21. The van der Waals surface area contributed by atoms with Crippen LogP contribution >= 0.6 is 11.6 Å². The number of rotatable bonds is 21. The Morgan fingerprint density at radius 2 is 1.22 bits per heavy atom. The van der Waals surface area contributed by atoms with Crippen LogP contribution in [0.25, 0.3) is 0 Å². The Bertz CT molecular complexity index is 552. The minimum Gasteiger partial charge on any atom is -0.268 e. The maximum absolute atomic E-state index is 13.7. The highest BCUT2D eigenvalue weighted by atomic mass is 35.5. The van der Waals surface area contributed by atoms with Crippen molar-refractivity contribution in [1.29, 1.82) is 0 Å². The number of hydrogen-bond donors (Lipinski definition) is 0. The quantitative estimate of drug-likeness (QED) is 0.0702. The summed E-state index contributed by atoms with van der Waals surface area (Å²) in [5, 5.41) is 0. The molecule has 0 aliphatic heterocycles. The number of benzene rings is 1. The Morgan fingerprint density at radius 3 is 1.69 bits per heavy atom. The highest BCUT2D eigenvalue weighted by Gasteiger charge is 2.28. The van der Waals surface area contributed by atoms with E-state index in [-0.39, 0.29) is 5.92 Å². The second kappa shape index (κ2) is 20.0. The zero-order chi connectivity index (χ0) is 23.4. The van der Waals surface area contributed by atoms with E-state index in [0.29, 0.717) is 18.7 Å². The van der Waals surface area contributed by atoms with Gasteiger partial charge >= 0.3 is 9.46 Å². The van der Waals surface area contributed by atoms with Crippen molar-refractivity contribution in [2.45, 2.75) is 140 Å². The minimum atomic E-state index is -3.25. The van der Waals surface area contributed by atoms with E-state index in [1.54, 1.807) is 0 Å². The van der Waals surface area contributed by atoms with E-state index in [1.165, 1.54) is 83.5 Å². The second-order valence-corrected chi connectivity index (χ2v) is 11.4. The molecule has 1 radical (unpaired) electrons. The van der Waals surface area contributed by atoms with Gasteiger partial charge < -0.3 is 0 Å². The summed E-state index contributed by atoms with van der Waals surface area (Å²) < 4.78 is 27.4. The zero-order valence-electron chi connectivity index (χ0n) is 20.8. The third-order valence-electron chi connectivity index (χ3n) is 6.83. The zero-order valence-corrected chi connectivity index (χ0v) is 22.6. The molecule has 1 aromatic carbocycles. The van der Waals surface area contributed by atoms with Gasteiger partial charge in [-0.1, -0.05) is 134 Å². The van der Waals surface area contributed by atoms with Crippen molar-refractivity contribution in [2.75, 3.05) is 0 Å². The maximum atomic E-state index is 13.7. The van der Waals surface area contributed by atoms with Gasteiger partial charge in [0.05, 0.1) is 0 Å². The van der Waals surface area contributed by atoms with E-state index in [4.69, 9.17) is 11.6 Å². The normalized spacial score (nSPS) is 13.6. The molecule has 0 aliphatic carbocycles. The van der Waals surface area contributed by atoms with Gasteiger partial charge in [0.15, 0.2) is 0 Å². The van der Waals surface area contributed by atoms with E-state index in [2.05, 4.69) is 19.9 Å². The summed E-state index contributed by atoms with van der Waals surface area (Å²) in [6.45, 7) is 4.35. The Morgan fingerprint density at radius 1 is 0.750 bits per heavy atom. The third-order valence-corrected chi connectivity index (χ3v) is 8.26. The first-order valence-corrected chi connectivity index (χ1v) is 15.3. The van der Waals surface area contributed by atoms with Crippen LogP contribution in [0.3, 0.4) is 0 Å². The van der Waals surface area contributed by atoms with E-state index < -0.39 is 15.0 Å². The molecule has 0 fully saturated rings. The molecule has 0 bridgehead atoms. The summed E-state index contributed by atoms with van der Waals surface area (Å²) in [6.07, 6.45) is 21.0. The molecule has 32 heavy (non-hydrogen) atoms. The summed E-state index contributed by atoms with van der Waals surface area (Å²) in [6, 6.07) is 8.03. The predicted molar refractivity (Wildman–Crippen MR) is 140 cm³/mol. The fourth-order valence-electron chi connectivity index (χ4n) is 4.77. The summed E-state index contributed by atoms with van der Waals surface area (Å²) in [5.41, 5.74) is 1.83. The van der Waals surface area contributed by atoms with Crippen molar-refractivity contribution in [2.24, 2.45) is 0 Å². The average molecular weight is 486 g/mol. The Kier molecular flexibility index (Phi) is 18.5. The molecule has 1 aromatic rings. The van der Waals surface area contributed by atoms with E-state index in [9.17, 15) is 8.22 Å². The van der Waals surface area contributed by atoms with Gasteiger partial charge in [0.1, 0.15) is 0 Å². The van der Waals surface area contributed by atoms with Crippen LogP contribution in [0.5, 0.6) is 0 Å². The second-order valence-electron chi connectivity index (χ2n) is 9.69. The Hall–Kier alpha value is -0.413. The molecule has 0 nitrogen and oxygen atoms in total. The molecule has 1 rings (SSSR count). The van der Waals surface area contributed by atoms with Crippen molar-refractivity contribution >= 4 is 21.1 Å². The fourth-order valence-corrected chi connectivity index (χ4v) is 5.97. The summed E-state index contributed by atoms with van der Waals surface area (Å²) in [5.74, 6) is 0.602. The molecule has 0 saturated heterocycles. The van der Waals surface area contributed by atoms with Crippen LogP contribution in [-0.2, 0) is 5.88 Å². The molecule has 185 valence electrons. The molecule has 0 saturated carbocycles. The smallest absolute Gasteiger partial charge is 0.268 e. The highest BCUT2D eigenvalue weighted by molar-refractivity contribution is 6.44. The lowest BCUT2D eigenvalue weighted by Crippen LogP contribution is -2.13. The Balaban J connectivity index is 2.06. The SMILES string of the molecule is CCCCCCCCCCCCCCCCCC(CC(C)c1ccccc1CCl)[Si](F)F. The van der Waals surface area contributed by atoms with Gasteiger partial charge in [-0.3, -0.25) is 8.22 Å². The van der Waals surface area contributed by atoms with Gasteiger partial charge in [-0.15, -0.1) is 11.6 Å². The van der Waals surface area contributed by atoms with Crippen molar-refractivity contribution in [3.63, 3.8) is 0 Å². The topological polar surface area (TPSA) is 0 Å². The molecular formula is C28H48ClF2Si. The van der Waals surface area contributed by atoms with E-state index in [1.807, 2.05) is 18.2 Å². The van der Waals surface area contributed by atoms with Crippen LogP contribution < -0.4 is 0 Å². The number of halogens is 3. The van der Waals surface area contributed by atoms with Crippen LogP contribution in [0.2, 0.25) is 5.54 Å². The summed E-state index contributed by atoms with van der Waals surface area (Å²) >= 11 is 6.04. The van der Waals surface area contributed by atoms with Gasteiger partial charge in [0, 0.05) is 11.4 Å². The number of alkyl halides is 1. The molecular weight excluding hydrogens is 438 g/mol. The van der Waals surface area contributed by atoms with Gasteiger partial charge in [0.25, 0.3) is 0 Å². The maximum Gasteiger partial charge on any atom is 0.480 e. The molecule has 0 heterocycles. The molecule has 0 spiro atoms. The highest BCUT2D eigenvalue weighted by Crippen LogP contribution is 2.35. The van der Waals surface area contributed by atoms with Crippen molar-refractivity contribution in [3.8, 4) is 0 Å². The van der Waals surface area contributed by atoms with Gasteiger partial charge in [-0.25, -0.2) is 0 Å². The van der Waals surface area contributed by atoms with Crippen molar-refractivity contribution < 1.29 is 8.22 Å². The molecule has 4 heteroatoms. The molecule has 0 amide bonds. The monoisotopic (exact) mass is 485 g/mol. The molecule has 2 atom stereocenters. The van der Waals surface area contributed by atoms with Crippen LogP contribution in [0.4, 0.5) is 8.22 Å². The Labute approximate surface area is 204 Å². The van der Waals surface area contributed by atoms with Crippen molar-refractivity contribution in [3.05, 3.63) is 35.4 Å². The lowest BCUT2D eigenvalue weighted by molar-refractivity contribution is 0.487. The largest absolute Gasteiger partial charge is 0.480 e. The average Bonchev–Trinajstić information content (AvgIpc) is 2.80. The van der Waals surface area contributed by atoms with E-state index >= 15 is 0 Å². The van der Waals surface area contributed by atoms with Gasteiger partial charge in [0.2, 0.25) is 0 Å². The van der Waals surface area contributed by atoms with Crippen LogP contribution in [0.1, 0.15) is 140 Å². The van der Waals surface area contributed by atoms with Crippen molar-refractivity contribution in [1.82, 2.24) is 0 Å². The molecule has 0 aliphatic rings. The predicted octanol–water partition coefficient (Wildman–Crippen LogP) is 11.0. The number of unbranched alkanes of at least 4 members (excludes halogenated alkanes) is 14. The molecule has 0 aromatic heterocycles. The van der Waals surface area contributed by atoms with E-state index in [0.717, 1.165) is 24.0 Å². The van der Waals surface area contributed by atoms with Crippen LogP contribution in [0, 0.1) is 0 Å². The summed E-state index contributed by atoms with van der Waals surface area (Å²) in [4.78, 5) is 0. The lowest BCUT2D eigenvalue weighted by atomic mass is 9.91.